The van der Waals surface area contributed by atoms with Gasteiger partial charge in [0, 0.05) is 13.0 Å². The Morgan fingerprint density at radius 2 is 1.85 bits per heavy atom. The molecule has 0 amide bonds. The molecule has 1 saturated carbocycles. The predicted octanol–water partition coefficient (Wildman–Crippen LogP) is 4.37. The van der Waals surface area contributed by atoms with E-state index in [-0.39, 0.29) is 0 Å². The van der Waals surface area contributed by atoms with E-state index in [1.807, 2.05) is 18.2 Å². The van der Waals surface area contributed by atoms with Crippen molar-refractivity contribution < 1.29 is 4.74 Å². The van der Waals surface area contributed by atoms with E-state index in [1.165, 1.54) is 37.7 Å². The summed E-state index contributed by atoms with van der Waals surface area (Å²) in [7, 11) is 0. The molecule has 1 aliphatic rings. The lowest BCUT2D eigenvalue weighted by atomic mass is 9.89. The van der Waals surface area contributed by atoms with Crippen molar-refractivity contribution in [2.75, 3.05) is 12.3 Å². The summed E-state index contributed by atoms with van der Waals surface area (Å²) in [5.41, 5.74) is 8.72. The molecule has 2 aromatic heterocycles. The summed E-state index contributed by atoms with van der Waals surface area (Å²) in [6.07, 6.45) is 7.27. The summed E-state index contributed by atoms with van der Waals surface area (Å²) < 4.78 is 8.65. The van der Waals surface area contributed by atoms with Crippen LogP contribution in [0.15, 0.2) is 35.1 Å². The van der Waals surface area contributed by atoms with Gasteiger partial charge < -0.3 is 15.0 Å². The van der Waals surface area contributed by atoms with Gasteiger partial charge in [-0.1, -0.05) is 49.6 Å². The first-order chi connectivity index (χ1) is 13.2. The standard InChI is InChI=1S/C20H24BrN5O/c21-19-23-16-17(22)24-20(27-12-11-14-7-3-1-4-8-14)25-18(16)26(19)13-15-9-5-2-6-10-15/h1,3-4,7-8,15H,2,5-6,9-13H2,(H2,22,24,25). The first-order valence-corrected chi connectivity index (χ1v) is 10.4. The molecule has 2 heterocycles. The van der Waals surface area contributed by atoms with Crippen molar-refractivity contribution >= 4 is 32.9 Å². The summed E-state index contributed by atoms with van der Waals surface area (Å²) in [6.45, 7) is 1.41. The van der Waals surface area contributed by atoms with Gasteiger partial charge in [-0.25, -0.2) is 4.98 Å². The number of nitrogens with two attached hydrogens (primary N) is 1. The number of halogens is 1. The fourth-order valence-corrected chi connectivity index (χ4v) is 4.22. The maximum absolute atomic E-state index is 6.13. The molecule has 27 heavy (non-hydrogen) atoms. The van der Waals surface area contributed by atoms with E-state index in [4.69, 9.17) is 10.5 Å². The van der Waals surface area contributed by atoms with Crippen LogP contribution in [0, 0.1) is 5.92 Å². The van der Waals surface area contributed by atoms with Crippen LogP contribution in [0.2, 0.25) is 0 Å². The number of benzene rings is 1. The van der Waals surface area contributed by atoms with Crippen LogP contribution in [0.5, 0.6) is 6.01 Å². The third kappa shape index (κ3) is 4.24. The molecule has 0 aliphatic heterocycles. The van der Waals surface area contributed by atoms with Crippen molar-refractivity contribution in [3.05, 3.63) is 40.6 Å². The second kappa shape index (κ2) is 8.25. The van der Waals surface area contributed by atoms with Crippen molar-refractivity contribution in [3.8, 4) is 6.01 Å². The Bertz CT molecular complexity index is 906. The summed E-state index contributed by atoms with van der Waals surface area (Å²) in [5.74, 6) is 1.02. The number of anilines is 1. The Balaban J connectivity index is 1.52. The van der Waals surface area contributed by atoms with Crippen molar-refractivity contribution in [2.24, 2.45) is 5.92 Å². The highest BCUT2D eigenvalue weighted by atomic mass is 79.9. The molecule has 1 aliphatic carbocycles. The van der Waals surface area contributed by atoms with Crippen LogP contribution in [-0.4, -0.2) is 26.1 Å². The monoisotopic (exact) mass is 429 g/mol. The maximum atomic E-state index is 6.13. The Morgan fingerprint density at radius 3 is 2.63 bits per heavy atom. The zero-order valence-corrected chi connectivity index (χ0v) is 16.9. The van der Waals surface area contributed by atoms with Crippen molar-refractivity contribution in [2.45, 2.75) is 45.1 Å². The number of fused-ring (bicyclic) bond motifs is 1. The number of nitrogen functional groups attached to an aromatic ring is 1. The second-order valence-electron chi connectivity index (χ2n) is 7.14. The quantitative estimate of drug-likeness (QED) is 0.588. The average molecular weight is 430 g/mol. The van der Waals surface area contributed by atoms with Crippen LogP contribution < -0.4 is 10.5 Å². The van der Waals surface area contributed by atoms with Crippen LogP contribution in [0.1, 0.15) is 37.7 Å². The van der Waals surface area contributed by atoms with E-state index in [9.17, 15) is 0 Å². The summed E-state index contributed by atoms with van der Waals surface area (Å²) >= 11 is 3.57. The van der Waals surface area contributed by atoms with Gasteiger partial charge in [0.05, 0.1) is 6.61 Å². The number of hydrogen-bond donors (Lipinski definition) is 1. The summed E-state index contributed by atoms with van der Waals surface area (Å²) in [4.78, 5) is 13.4. The van der Waals surface area contributed by atoms with Crippen molar-refractivity contribution in [1.82, 2.24) is 19.5 Å². The van der Waals surface area contributed by atoms with Crippen LogP contribution in [0.3, 0.4) is 0 Å². The van der Waals surface area contributed by atoms with Gasteiger partial charge in [0.15, 0.2) is 21.7 Å². The average Bonchev–Trinajstić information content (AvgIpc) is 3.00. The van der Waals surface area contributed by atoms with Gasteiger partial charge in [-0.2, -0.15) is 9.97 Å². The molecule has 3 aromatic rings. The molecule has 4 rings (SSSR count). The molecular formula is C20H24BrN5O. The highest BCUT2D eigenvalue weighted by Gasteiger charge is 2.20. The van der Waals surface area contributed by atoms with Gasteiger partial charge in [-0.3, -0.25) is 0 Å². The normalized spacial score (nSPS) is 15.3. The Labute approximate surface area is 167 Å². The first kappa shape index (κ1) is 18.2. The van der Waals surface area contributed by atoms with E-state index >= 15 is 0 Å². The summed E-state index contributed by atoms with van der Waals surface area (Å²) in [6, 6.07) is 10.5. The van der Waals surface area contributed by atoms with Gasteiger partial charge in [0.2, 0.25) is 0 Å². The third-order valence-corrected chi connectivity index (χ3v) is 5.79. The third-order valence-electron chi connectivity index (χ3n) is 5.18. The lowest BCUT2D eigenvalue weighted by Crippen LogP contribution is -2.15. The van der Waals surface area contributed by atoms with E-state index in [0.717, 1.165) is 23.3 Å². The molecule has 0 saturated heterocycles. The molecule has 142 valence electrons. The SMILES string of the molecule is Nc1nc(OCCc2ccccc2)nc2c1nc(Br)n2CC1CCCCC1. The van der Waals surface area contributed by atoms with E-state index < -0.39 is 0 Å². The summed E-state index contributed by atoms with van der Waals surface area (Å²) in [5, 5.41) is 0. The molecule has 0 bridgehead atoms. The minimum absolute atomic E-state index is 0.313. The molecule has 6 nitrogen and oxygen atoms in total. The molecule has 0 atom stereocenters. The minimum atomic E-state index is 0.313. The smallest absolute Gasteiger partial charge is 0.320 e. The van der Waals surface area contributed by atoms with Crippen molar-refractivity contribution in [3.63, 3.8) is 0 Å². The fourth-order valence-electron chi connectivity index (χ4n) is 3.73. The zero-order chi connectivity index (χ0) is 18.6. The minimum Gasteiger partial charge on any atom is -0.463 e. The van der Waals surface area contributed by atoms with E-state index in [1.54, 1.807) is 0 Å². The first-order valence-electron chi connectivity index (χ1n) is 9.56. The molecular weight excluding hydrogens is 406 g/mol. The lowest BCUT2D eigenvalue weighted by Gasteiger charge is -2.22. The zero-order valence-electron chi connectivity index (χ0n) is 15.3. The number of imidazole rings is 1. The van der Waals surface area contributed by atoms with Gasteiger partial charge in [0.1, 0.15) is 0 Å². The van der Waals surface area contributed by atoms with Crippen LogP contribution in [0.4, 0.5) is 5.82 Å². The molecule has 1 aromatic carbocycles. The van der Waals surface area contributed by atoms with E-state index in [2.05, 4.69) is 47.6 Å². The van der Waals surface area contributed by atoms with Gasteiger partial charge >= 0.3 is 6.01 Å². The number of hydrogen-bond acceptors (Lipinski definition) is 5. The van der Waals surface area contributed by atoms with Gasteiger partial charge in [0.25, 0.3) is 0 Å². The Hall–Kier alpha value is -2.15. The van der Waals surface area contributed by atoms with Gasteiger partial charge in [-0.15, -0.1) is 0 Å². The Kier molecular flexibility index (Phi) is 5.57. The number of nitrogens with zero attached hydrogens (tertiary/aromatic N) is 4. The lowest BCUT2D eigenvalue weighted by molar-refractivity contribution is 0.296. The molecule has 7 heteroatoms. The maximum Gasteiger partial charge on any atom is 0.320 e. The van der Waals surface area contributed by atoms with Crippen molar-refractivity contribution in [1.29, 1.82) is 0 Å². The molecule has 0 spiro atoms. The van der Waals surface area contributed by atoms with Crippen LogP contribution in [-0.2, 0) is 13.0 Å². The highest BCUT2D eigenvalue weighted by molar-refractivity contribution is 9.10. The molecule has 0 radical (unpaired) electrons. The largest absolute Gasteiger partial charge is 0.463 e. The van der Waals surface area contributed by atoms with Crippen LogP contribution in [0.25, 0.3) is 11.2 Å². The second-order valence-corrected chi connectivity index (χ2v) is 7.85. The van der Waals surface area contributed by atoms with Crippen LogP contribution >= 0.6 is 15.9 Å². The number of aromatic nitrogens is 4. The molecule has 0 unspecified atom stereocenters. The van der Waals surface area contributed by atoms with E-state index in [0.29, 0.717) is 29.9 Å². The number of rotatable bonds is 6. The topological polar surface area (TPSA) is 78.8 Å². The van der Waals surface area contributed by atoms with Gasteiger partial charge in [-0.05, 0) is 40.3 Å². The highest BCUT2D eigenvalue weighted by Crippen LogP contribution is 2.30. The number of ether oxygens (including phenoxy) is 1. The Morgan fingerprint density at radius 1 is 1.07 bits per heavy atom. The fraction of sp³-hybridized carbons (Fsp3) is 0.450. The molecule has 1 fully saturated rings. The molecule has 2 N–H and O–H groups in total. The predicted molar refractivity (Wildman–Crippen MR) is 110 cm³/mol.